The van der Waals surface area contributed by atoms with E-state index in [0.29, 0.717) is 19.2 Å². The van der Waals surface area contributed by atoms with Crippen LogP contribution in [0, 0.1) is 6.92 Å². The van der Waals surface area contributed by atoms with E-state index < -0.39 is 0 Å². The molecule has 1 aromatic rings. The van der Waals surface area contributed by atoms with Gasteiger partial charge >= 0.3 is 0 Å². The Morgan fingerprint density at radius 1 is 1.26 bits per heavy atom. The fraction of sp³-hybridized carbons (Fsp3) is 0.708. The molecule has 7 nitrogen and oxygen atoms in total. The molecule has 3 rings (SSSR count). The Morgan fingerprint density at radius 3 is 2.77 bits per heavy atom. The summed E-state index contributed by atoms with van der Waals surface area (Å²) in [4.78, 5) is 9.78. The molecule has 2 heterocycles. The number of rotatable bonds is 9. The molecule has 2 aliphatic rings. The standard InChI is InChI=1S/C24H41N5O2/c1-5-25-24(26-16-20(3)29-12-10-28(4)11-13-29)27-17-21-9-8-19(2)15-23(21)31-18-22-7-6-14-30-22/h8-9,15,20,22H,5-7,10-14,16-18H2,1-4H3,(H2,25,26,27). The Hall–Kier alpha value is -1.83. The van der Waals surface area contributed by atoms with Crippen molar-refractivity contribution in [2.24, 2.45) is 4.99 Å². The molecule has 7 heteroatoms. The highest BCUT2D eigenvalue weighted by Crippen LogP contribution is 2.23. The number of hydrogen-bond donors (Lipinski definition) is 2. The zero-order valence-electron chi connectivity index (χ0n) is 19.8. The lowest BCUT2D eigenvalue weighted by Crippen LogP contribution is -2.52. The SMILES string of the molecule is CCNC(=NCc1ccc(C)cc1OCC1CCCO1)NCC(C)N1CCN(C)CC1. The molecule has 1 aromatic carbocycles. The van der Waals surface area contributed by atoms with Gasteiger partial charge in [-0.2, -0.15) is 0 Å². The lowest BCUT2D eigenvalue weighted by Gasteiger charge is -2.36. The van der Waals surface area contributed by atoms with Crippen molar-refractivity contribution in [3.63, 3.8) is 0 Å². The van der Waals surface area contributed by atoms with E-state index in [1.165, 1.54) is 5.56 Å². The minimum Gasteiger partial charge on any atom is -0.491 e. The average Bonchev–Trinajstić information content (AvgIpc) is 3.29. The van der Waals surface area contributed by atoms with Gasteiger partial charge in [-0.15, -0.1) is 0 Å². The lowest BCUT2D eigenvalue weighted by molar-refractivity contribution is 0.0676. The van der Waals surface area contributed by atoms with Crippen LogP contribution in [0.15, 0.2) is 23.2 Å². The predicted octanol–water partition coefficient (Wildman–Crippen LogP) is 2.24. The van der Waals surface area contributed by atoms with Crippen molar-refractivity contribution in [1.29, 1.82) is 0 Å². The van der Waals surface area contributed by atoms with Crippen LogP contribution < -0.4 is 15.4 Å². The van der Waals surface area contributed by atoms with Crippen molar-refractivity contribution in [2.45, 2.75) is 52.3 Å². The molecule has 2 atom stereocenters. The van der Waals surface area contributed by atoms with Gasteiger partial charge in [-0.3, -0.25) is 4.90 Å². The molecule has 31 heavy (non-hydrogen) atoms. The number of guanidine groups is 1. The second kappa shape index (κ2) is 12.3. The maximum Gasteiger partial charge on any atom is 0.191 e. The van der Waals surface area contributed by atoms with Crippen LogP contribution in [-0.4, -0.2) is 87.4 Å². The Morgan fingerprint density at radius 2 is 2.06 bits per heavy atom. The zero-order chi connectivity index (χ0) is 22.1. The summed E-state index contributed by atoms with van der Waals surface area (Å²) in [6.07, 6.45) is 2.43. The minimum absolute atomic E-state index is 0.215. The van der Waals surface area contributed by atoms with Gasteiger partial charge < -0.3 is 25.0 Å². The molecule has 2 fully saturated rings. The highest BCUT2D eigenvalue weighted by molar-refractivity contribution is 5.79. The van der Waals surface area contributed by atoms with Crippen molar-refractivity contribution < 1.29 is 9.47 Å². The largest absolute Gasteiger partial charge is 0.491 e. The highest BCUT2D eigenvalue weighted by Gasteiger charge is 2.19. The predicted molar refractivity (Wildman–Crippen MR) is 127 cm³/mol. The number of nitrogens with one attached hydrogen (secondary N) is 2. The molecule has 0 bridgehead atoms. The third kappa shape index (κ3) is 7.66. The second-order valence-electron chi connectivity index (χ2n) is 8.82. The van der Waals surface area contributed by atoms with Crippen molar-refractivity contribution in [3.05, 3.63) is 29.3 Å². The quantitative estimate of drug-likeness (QED) is 0.462. The second-order valence-corrected chi connectivity index (χ2v) is 8.82. The first-order valence-electron chi connectivity index (χ1n) is 11.8. The summed E-state index contributed by atoms with van der Waals surface area (Å²) < 4.78 is 11.8. The van der Waals surface area contributed by atoms with Crippen LogP contribution in [0.4, 0.5) is 0 Å². The third-order valence-corrected chi connectivity index (χ3v) is 6.15. The summed E-state index contributed by atoms with van der Waals surface area (Å²) in [6.45, 7) is 14.8. The van der Waals surface area contributed by atoms with Crippen LogP contribution >= 0.6 is 0 Å². The van der Waals surface area contributed by atoms with Gasteiger partial charge in [0.25, 0.3) is 0 Å². The molecule has 0 radical (unpaired) electrons. The van der Waals surface area contributed by atoms with Crippen molar-refractivity contribution >= 4 is 5.96 Å². The van der Waals surface area contributed by atoms with Gasteiger partial charge in [0.05, 0.1) is 12.6 Å². The summed E-state index contributed by atoms with van der Waals surface area (Å²) in [5, 5.41) is 6.91. The molecule has 174 valence electrons. The molecule has 2 aliphatic heterocycles. The normalized spacial score (nSPS) is 21.8. The molecule has 2 saturated heterocycles. The molecular formula is C24H41N5O2. The lowest BCUT2D eigenvalue weighted by atomic mass is 10.1. The number of benzene rings is 1. The maximum absolute atomic E-state index is 6.13. The number of aliphatic imine (C=N–C) groups is 1. The molecule has 0 aliphatic carbocycles. The van der Waals surface area contributed by atoms with Crippen molar-refractivity contribution in [2.75, 3.05) is 59.5 Å². The van der Waals surface area contributed by atoms with Gasteiger partial charge in [-0.25, -0.2) is 4.99 Å². The van der Waals surface area contributed by atoms with Gasteiger partial charge in [0.1, 0.15) is 12.4 Å². The fourth-order valence-corrected chi connectivity index (χ4v) is 4.03. The molecule has 0 spiro atoms. The van der Waals surface area contributed by atoms with E-state index in [-0.39, 0.29) is 6.10 Å². The van der Waals surface area contributed by atoms with Crippen LogP contribution in [-0.2, 0) is 11.3 Å². The monoisotopic (exact) mass is 431 g/mol. The maximum atomic E-state index is 6.13. The summed E-state index contributed by atoms with van der Waals surface area (Å²) in [5.74, 6) is 1.77. The Balaban J connectivity index is 1.56. The van der Waals surface area contributed by atoms with Gasteiger partial charge in [-0.05, 0) is 52.3 Å². The van der Waals surface area contributed by atoms with E-state index in [1.54, 1.807) is 0 Å². The fourth-order valence-electron chi connectivity index (χ4n) is 4.03. The first-order chi connectivity index (χ1) is 15.0. The van der Waals surface area contributed by atoms with E-state index in [1.807, 2.05) is 0 Å². The van der Waals surface area contributed by atoms with Crippen LogP contribution in [0.1, 0.15) is 37.8 Å². The molecule has 0 aromatic heterocycles. The molecular weight excluding hydrogens is 390 g/mol. The van der Waals surface area contributed by atoms with Gasteiger partial charge in [0.2, 0.25) is 0 Å². The smallest absolute Gasteiger partial charge is 0.191 e. The van der Waals surface area contributed by atoms with Gasteiger partial charge in [0, 0.05) is 57.5 Å². The number of nitrogens with zero attached hydrogens (tertiary/aromatic N) is 3. The van der Waals surface area contributed by atoms with E-state index in [9.17, 15) is 0 Å². The molecule has 2 unspecified atom stereocenters. The number of piperazine rings is 1. The van der Waals surface area contributed by atoms with Crippen molar-refractivity contribution in [1.82, 2.24) is 20.4 Å². The van der Waals surface area contributed by atoms with E-state index in [0.717, 1.165) is 76.0 Å². The number of ether oxygens (including phenoxy) is 2. The highest BCUT2D eigenvalue weighted by atomic mass is 16.5. The first kappa shape index (κ1) is 23.8. The van der Waals surface area contributed by atoms with Crippen LogP contribution in [0.5, 0.6) is 5.75 Å². The Kier molecular flexibility index (Phi) is 9.43. The van der Waals surface area contributed by atoms with Crippen LogP contribution in [0.25, 0.3) is 0 Å². The summed E-state index contributed by atoms with van der Waals surface area (Å²) in [7, 11) is 2.19. The summed E-state index contributed by atoms with van der Waals surface area (Å²) in [6, 6.07) is 6.83. The average molecular weight is 432 g/mol. The minimum atomic E-state index is 0.215. The van der Waals surface area contributed by atoms with E-state index in [4.69, 9.17) is 14.5 Å². The van der Waals surface area contributed by atoms with Gasteiger partial charge in [0.15, 0.2) is 5.96 Å². The molecule has 0 amide bonds. The van der Waals surface area contributed by atoms with Gasteiger partial charge in [-0.1, -0.05) is 12.1 Å². The topological polar surface area (TPSA) is 61.4 Å². The molecule has 2 N–H and O–H groups in total. The van der Waals surface area contributed by atoms with Crippen molar-refractivity contribution in [3.8, 4) is 5.75 Å². The summed E-state index contributed by atoms with van der Waals surface area (Å²) >= 11 is 0. The summed E-state index contributed by atoms with van der Waals surface area (Å²) in [5.41, 5.74) is 2.30. The Labute approximate surface area is 188 Å². The third-order valence-electron chi connectivity index (χ3n) is 6.15. The van der Waals surface area contributed by atoms with E-state index >= 15 is 0 Å². The first-order valence-corrected chi connectivity index (χ1v) is 11.8. The Bertz CT molecular complexity index is 697. The van der Waals surface area contributed by atoms with Crippen LogP contribution in [0.3, 0.4) is 0 Å². The number of aryl methyl sites for hydroxylation is 1. The van der Waals surface area contributed by atoms with Crippen LogP contribution in [0.2, 0.25) is 0 Å². The van der Waals surface area contributed by atoms with E-state index in [2.05, 4.69) is 66.5 Å². The number of likely N-dealkylation sites (N-methyl/N-ethyl adjacent to an activating group) is 1. The molecule has 0 saturated carbocycles. The zero-order valence-corrected chi connectivity index (χ0v) is 19.8. The number of hydrogen-bond acceptors (Lipinski definition) is 5.